The Bertz CT molecular complexity index is 2950. The molecule has 28 nitrogen and oxygen atoms in total. The van der Waals surface area contributed by atoms with Crippen molar-refractivity contribution in [1.82, 2.24) is 47.0 Å². The van der Waals surface area contributed by atoms with E-state index in [1.54, 1.807) is 67.6 Å². The maximum atomic E-state index is 15.2. The zero-order valence-corrected chi connectivity index (χ0v) is 50.4. The third-order valence-corrected chi connectivity index (χ3v) is 15.5. The summed E-state index contributed by atoms with van der Waals surface area (Å²) in [5, 5.41) is 49.0. The van der Waals surface area contributed by atoms with Gasteiger partial charge < -0.3 is 85.3 Å². The zero-order valence-electron chi connectivity index (χ0n) is 48.6. The number of aliphatic hydroxyl groups is 1. The van der Waals surface area contributed by atoms with E-state index >= 15 is 4.79 Å². The average Bonchev–Trinajstić information content (AvgIpc) is 3.71. The van der Waals surface area contributed by atoms with E-state index in [0.29, 0.717) is 24.0 Å². The van der Waals surface area contributed by atoms with Crippen LogP contribution in [-0.4, -0.2) is 188 Å². The molecular formula is C58H80N14O14S2. The van der Waals surface area contributed by atoms with Crippen molar-refractivity contribution >= 4 is 96.3 Å². The third-order valence-electron chi connectivity index (χ3n) is 14.7. The molecule has 2 aliphatic rings. The fraction of sp³-hybridized carbons (Fsp3) is 0.483. The van der Waals surface area contributed by atoms with Crippen molar-refractivity contribution in [1.29, 1.82) is 0 Å². The number of β-amino-alcohol motifs (C(OH)–C–C–N with tert-alkyl or cyclic N) is 1. The van der Waals surface area contributed by atoms with Crippen LogP contribution in [0.25, 0.3) is 0 Å². The van der Waals surface area contributed by atoms with Gasteiger partial charge in [0.1, 0.15) is 60.1 Å². The van der Waals surface area contributed by atoms with Gasteiger partial charge in [0.2, 0.25) is 59.1 Å². The molecule has 2 saturated heterocycles. The topological polar surface area (TPSA) is 456 Å². The molecule has 0 spiro atoms. The standard InChI is InChI=1S/C58H80N14O14S2/c1-2-11-38(49(77)69-43(31-88)57(85)86)66-54(82)47(34-14-7-4-8-15-34)70-53(81)45-28-36(74)29-72(45)56(84)44-17-10-25-71(44)55(83)42(27-32-12-5-3-6-13-32)68-52(80)41(26-33-18-20-35(73)21-19-33)67-51(79)40(22-23-46(60)75)65-50(78)39(16-9-24-63-58(61)62)64-48(76)37(59)30-87/h3-8,12-15,18-21,36-45,47,73-74,87-88H,2,9-11,16-17,22-31,59H2,1H3,(H2,60,75)(H,64,76)(H,65,78)(H,66,82)(H,67,79)(H,68,80)(H,69,77)(H,70,81)(H,85,86)(H4,61,62,63)/t36-,37+,38+,39+,40+,41+,42+,43+,44+,45+,47+/m1/s1. The van der Waals surface area contributed by atoms with Crippen molar-refractivity contribution in [3.63, 3.8) is 0 Å². The van der Waals surface area contributed by atoms with Gasteiger partial charge in [-0.05, 0) is 67.3 Å². The highest BCUT2D eigenvalue weighted by atomic mass is 32.1. The highest BCUT2D eigenvalue weighted by Gasteiger charge is 2.47. The number of carboxylic acids is 1. The summed E-state index contributed by atoms with van der Waals surface area (Å²) in [6.07, 6.45) is -1.67. The number of likely N-dealkylation sites (tertiary alicyclic amines) is 2. The van der Waals surface area contributed by atoms with Gasteiger partial charge in [0.25, 0.3) is 0 Å². The smallest absolute Gasteiger partial charge is 0.327 e. The number of benzene rings is 3. The Morgan fingerprint density at radius 1 is 0.625 bits per heavy atom. The second-order valence-electron chi connectivity index (χ2n) is 21.4. The summed E-state index contributed by atoms with van der Waals surface area (Å²) in [6.45, 7) is 1.49. The Hall–Kier alpha value is -8.48. The summed E-state index contributed by atoms with van der Waals surface area (Å²) in [7, 11) is 0. The lowest BCUT2D eigenvalue weighted by Crippen LogP contribution is -2.60. The van der Waals surface area contributed by atoms with Gasteiger partial charge in [-0.15, -0.1) is 0 Å². The number of nitrogens with zero attached hydrogens (tertiary/aromatic N) is 3. The van der Waals surface area contributed by atoms with Crippen LogP contribution in [0.5, 0.6) is 5.75 Å². The molecule has 88 heavy (non-hydrogen) atoms. The highest BCUT2D eigenvalue weighted by molar-refractivity contribution is 7.80. The predicted molar refractivity (Wildman–Crippen MR) is 328 cm³/mol. The van der Waals surface area contributed by atoms with Gasteiger partial charge in [-0.1, -0.05) is 86.1 Å². The quantitative estimate of drug-likeness (QED) is 0.0128. The molecule has 3 aromatic carbocycles. The van der Waals surface area contributed by atoms with Crippen molar-refractivity contribution < 1.29 is 68.1 Å². The van der Waals surface area contributed by atoms with Crippen LogP contribution >= 0.6 is 25.3 Å². The van der Waals surface area contributed by atoms with Crippen LogP contribution < -0.4 is 60.2 Å². The number of carbonyl (C=O) groups is 11. The van der Waals surface area contributed by atoms with Crippen LogP contribution in [0.15, 0.2) is 89.9 Å². The molecular weight excluding hydrogens is 1180 g/mol. The molecule has 30 heteroatoms. The number of rotatable bonds is 33. The second-order valence-corrected chi connectivity index (χ2v) is 22.1. The molecule has 3 aromatic rings. The Morgan fingerprint density at radius 3 is 1.75 bits per heavy atom. The number of aliphatic carboxylic acids is 1. The lowest BCUT2D eigenvalue weighted by Gasteiger charge is -2.34. The lowest BCUT2D eigenvalue weighted by molar-refractivity contribution is -0.148. The predicted octanol–water partition coefficient (Wildman–Crippen LogP) is -2.71. The fourth-order valence-corrected chi connectivity index (χ4v) is 10.5. The summed E-state index contributed by atoms with van der Waals surface area (Å²) in [6, 6.07) is 8.63. The molecule has 18 N–H and O–H groups in total. The monoisotopic (exact) mass is 1260 g/mol. The number of guanidine groups is 1. The largest absolute Gasteiger partial charge is 0.508 e. The first-order valence-electron chi connectivity index (χ1n) is 28.8. The normalized spacial score (nSPS) is 18.1. The van der Waals surface area contributed by atoms with Gasteiger partial charge in [0.15, 0.2) is 5.96 Å². The number of phenols is 1. The van der Waals surface area contributed by atoms with Crippen molar-refractivity contribution in [2.75, 3.05) is 31.1 Å². The molecule has 11 atom stereocenters. The summed E-state index contributed by atoms with van der Waals surface area (Å²) in [5.74, 6) is -10.2. The van der Waals surface area contributed by atoms with Gasteiger partial charge in [-0.2, -0.15) is 25.3 Å². The number of aliphatic hydroxyl groups excluding tert-OH is 1. The first-order valence-corrected chi connectivity index (χ1v) is 30.0. The Kier molecular flexibility index (Phi) is 27.8. The SMILES string of the molecule is CCC[C@H](NC(=O)[C@@H](NC(=O)[C@@H]1C[C@@H](O)CN1C(=O)[C@@H]1CCCN1C(=O)[C@H](Cc1ccccc1)NC(=O)[C@H](Cc1ccc(O)cc1)NC(=O)[C@H](CCC(N)=O)NC(=O)[C@H](CCCN=C(N)N)NC(=O)[C@@H](N)CS)c1ccccc1)C(=O)N[C@@H](CS)C(=O)O. The van der Waals surface area contributed by atoms with E-state index in [4.69, 9.17) is 22.9 Å². The number of nitrogens with two attached hydrogens (primary N) is 4. The molecule has 2 fully saturated rings. The number of nitrogens with one attached hydrogen (secondary N) is 7. The van der Waals surface area contributed by atoms with Gasteiger partial charge in [-0.25, -0.2) is 4.79 Å². The number of amides is 10. The van der Waals surface area contributed by atoms with E-state index in [-0.39, 0.29) is 99.8 Å². The number of carboxylic acid groups (broad SMARTS) is 1. The zero-order chi connectivity index (χ0) is 64.6. The van der Waals surface area contributed by atoms with E-state index in [1.807, 2.05) is 0 Å². The average molecular weight is 1260 g/mol. The van der Waals surface area contributed by atoms with E-state index < -0.39 is 138 Å². The summed E-state index contributed by atoms with van der Waals surface area (Å²) in [4.78, 5) is 158. The summed E-state index contributed by atoms with van der Waals surface area (Å²) in [5.41, 5.74) is 23.6. The van der Waals surface area contributed by atoms with Crippen molar-refractivity contribution in [3.8, 4) is 5.75 Å². The summed E-state index contributed by atoms with van der Waals surface area (Å²) >= 11 is 8.07. The van der Waals surface area contributed by atoms with Crippen LogP contribution in [0.3, 0.4) is 0 Å². The van der Waals surface area contributed by atoms with E-state index in [9.17, 15) is 63.3 Å². The van der Waals surface area contributed by atoms with Crippen LogP contribution in [0.2, 0.25) is 0 Å². The number of hydrogen-bond donors (Lipinski definition) is 16. The van der Waals surface area contributed by atoms with Crippen LogP contribution in [-0.2, 0) is 65.6 Å². The number of primary amides is 1. The molecule has 2 aliphatic heterocycles. The van der Waals surface area contributed by atoms with Crippen LogP contribution in [0, 0.1) is 0 Å². The minimum atomic E-state index is -1.56. The number of hydrogen-bond acceptors (Lipinski definition) is 17. The van der Waals surface area contributed by atoms with E-state index in [0.717, 1.165) is 4.90 Å². The number of carbonyl (C=O) groups excluding carboxylic acids is 10. The van der Waals surface area contributed by atoms with E-state index in [1.165, 1.54) is 29.2 Å². The minimum Gasteiger partial charge on any atom is -0.508 e. The molecule has 478 valence electrons. The fourth-order valence-electron chi connectivity index (χ4n) is 10.1. The first-order chi connectivity index (χ1) is 41.9. The Balaban J connectivity index is 1.42. The Morgan fingerprint density at radius 2 is 1.16 bits per heavy atom. The van der Waals surface area contributed by atoms with Gasteiger partial charge in [-0.3, -0.25) is 52.9 Å². The second kappa shape index (κ2) is 34.8. The van der Waals surface area contributed by atoms with Crippen molar-refractivity contribution in [2.24, 2.45) is 27.9 Å². The van der Waals surface area contributed by atoms with Gasteiger partial charge >= 0.3 is 5.97 Å². The van der Waals surface area contributed by atoms with Gasteiger partial charge in [0, 0.05) is 56.8 Å². The molecule has 0 radical (unpaired) electrons. The summed E-state index contributed by atoms with van der Waals surface area (Å²) < 4.78 is 0. The molecule has 0 bridgehead atoms. The molecule has 0 saturated carbocycles. The third kappa shape index (κ3) is 21.1. The molecule has 0 unspecified atom stereocenters. The Labute approximate surface area is 519 Å². The molecule has 5 rings (SSSR count). The maximum absolute atomic E-state index is 15.2. The van der Waals surface area contributed by atoms with Crippen molar-refractivity contribution in [2.45, 2.75) is 144 Å². The first kappa shape index (κ1) is 70.3. The van der Waals surface area contributed by atoms with Gasteiger partial charge in [0.05, 0.1) is 12.1 Å². The maximum Gasteiger partial charge on any atom is 0.327 e. The van der Waals surface area contributed by atoms with Crippen LogP contribution in [0.4, 0.5) is 0 Å². The lowest BCUT2D eigenvalue weighted by atomic mass is 10.0. The van der Waals surface area contributed by atoms with E-state index in [2.05, 4.69) is 67.5 Å². The van der Waals surface area contributed by atoms with Crippen LogP contribution in [0.1, 0.15) is 87.4 Å². The number of aromatic hydroxyl groups is 1. The number of thiol groups is 2. The molecule has 10 amide bonds. The van der Waals surface area contributed by atoms with Crippen molar-refractivity contribution in [3.05, 3.63) is 102 Å². The minimum absolute atomic E-state index is 0.0127. The number of aliphatic imine (C=N–C) groups is 1. The molecule has 2 heterocycles. The number of phenolic OH excluding ortho intramolecular Hbond substituents is 1. The molecule has 0 aliphatic carbocycles. The highest BCUT2D eigenvalue weighted by Crippen LogP contribution is 2.28. The molecule has 0 aromatic heterocycles.